The standard InChI is InChI=1S/C23H35N5O2.HI/c1-3-24-23(27-13-9-22(10-14-27)30-16-6-15-29-2)25-18-20-7-4-8-21(17-20)19-28-12-5-11-26-28;/h4-5,7-8,11-12,17,22H,3,6,9-10,13-16,18-19H2,1-2H3,(H,24,25);1H. The summed E-state index contributed by atoms with van der Waals surface area (Å²) in [6.45, 7) is 7.92. The lowest BCUT2D eigenvalue weighted by Gasteiger charge is -2.34. The Morgan fingerprint density at radius 2 is 2.00 bits per heavy atom. The van der Waals surface area contributed by atoms with Crippen molar-refractivity contribution in [2.24, 2.45) is 4.99 Å². The predicted molar refractivity (Wildman–Crippen MR) is 135 cm³/mol. The van der Waals surface area contributed by atoms with Gasteiger partial charge in [-0.05, 0) is 43.4 Å². The van der Waals surface area contributed by atoms with E-state index in [0.29, 0.717) is 12.6 Å². The number of methoxy groups -OCH3 is 1. The molecule has 1 aromatic carbocycles. The Kier molecular flexibility index (Phi) is 11.9. The summed E-state index contributed by atoms with van der Waals surface area (Å²) in [4.78, 5) is 7.26. The maximum atomic E-state index is 5.98. The fourth-order valence-electron chi connectivity index (χ4n) is 3.69. The molecule has 1 aromatic heterocycles. The second-order valence-corrected chi connectivity index (χ2v) is 7.60. The molecule has 2 heterocycles. The molecule has 0 radical (unpaired) electrons. The minimum absolute atomic E-state index is 0. The van der Waals surface area contributed by atoms with Crippen molar-refractivity contribution in [3.05, 3.63) is 53.9 Å². The average molecular weight is 541 g/mol. The van der Waals surface area contributed by atoms with Gasteiger partial charge in [0.2, 0.25) is 0 Å². The van der Waals surface area contributed by atoms with E-state index in [0.717, 1.165) is 64.6 Å². The highest BCUT2D eigenvalue weighted by atomic mass is 127. The molecule has 0 bridgehead atoms. The number of ether oxygens (including phenoxy) is 2. The Morgan fingerprint density at radius 1 is 1.19 bits per heavy atom. The summed E-state index contributed by atoms with van der Waals surface area (Å²) < 4.78 is 13.0. The number of halogens is 1. The second kappa shape index (κ2) is 14.4. The monoisotopic (exact) mass is 541 g/mol. The number of aliphatic imine (C=N–C) groups is 1. The number of rotatable bonds is 10. The van der Waals surface area contributed by atoms with Gasteiger partial charge in [-0.2, -0.15) is 5.10 Å². The summed E-state index contributed by atoms with van der Waals surface area (Å²) in [6, 6.07) is 10.5. The van der Waals surface area contributed by atoms with E-state index in [1.165, 1.54) is 11.1 Å². The summed E-state index contributed by atoms with van der Waals surface area (Å²) >= 11 is 0. The Bertz CT molecular complexity index is 761. The minimum Gasteiger partial charge on any atom is -0.385 e. The van der Waals surface area contributed by atoms with Gasteiger partial charge in [0, 0.05) is 52.4 Å². The average Bonchev–Trinajstić information content (AvgIpc) is 3.28. The number of aromatic nitrogens is 2. The molecule has 31 heavy (non-hydrogen) atoms. The van der Waals surface area contributed by atoms with Crippen LogP contribution in [0.3, 0.4) is 0 Å². The number of nitrogens with one attached hydrogen (secondary N) is 1. The lowest BCUT2D eigenvalue weighted by atomic mass is 10.1. The van der Waals surface area contributed by atoms with Crippen LogP contribution in [0.5, 0.6) is 0 Å². The molecule has 172 valence electrons. The van der Waals surface area contributed by atoms with Crippen LogP contribution in [0.1, 0.15) is 37.3 Å². The van der Waals surface area contributed by atoms with Crippen LogP contribution in [0.2, 0.25) is 0 Å². The molecule has 0 aliphatic carbocycles. The van der Waals surface area contributed by atoms with E-state index >= 15 is 0 Å². The van der Waals surface area contributed by atoms with Crippen molar-refractivity contribution in [2.45, 2.75) is 45.4 Å². The molecule has 1 saturated heterocycles. The Hall–Kier alpha value is -1.65. The van der Waals surface area contributed by atoms with Gasteiger partial charge in [-0.25, -0.2) is 4.99 Å². The zero-order valence-corrected chi connectivity index (χ0v) is 21.0. The van der Waals surface area contributed by atoms with E-state index in [1.807, 2.05) is 23.1 Å². The number of hydrogen-bond acceptors (Lipinski definition) is 4. The molecule has 1 aliphatic heterocycles. The Morgan fingerprint density at radius 3 is 2.71 bits per heavy atom. The molecule has 8 heteroatoms. The molecule has 0 saturated carbocycles. The first-order valence-electron chi connectivity index (χ1n) is 11.0. The van der Waals surface area contributed by atoms with Gasteiger partial charge in [-0.15, -0.1) is 24.0 Å². The zero-order chi connectivity index (χ0) is 21.0. The zero-order valence-electron chi connectivity index (χ0n) is 18.7. The molecule has 7 nitrogen and oxygen atoms in total. The Labute approximate surface area is 203 Å². The maximum absolute atomic E-state index is 5.98. The van der Waals surface area contributed by atoms with E-state index in [2.05, 4.69) is 46.5 Å². The van der Waals surface area contributed by atoms with Crippen LogP contribution in [0, 0.1) is 0 Å². The fourth-order valence-corrected chi connectivity index (χ4v) is 3.69. The Balaban J connectivity index is 0.00000341. The van der Waals surface area contributed by atoms with Crippen LogP contribution < -0.4 is 5.32 Å². The van der Waals surface area contributed by atoms with Crippen molar-refractivity contribution in [3.8, 4) is 0 Å². The molecule has 0 atom stereocenters. The van der Waals surface area contributed by atoms with Gasteiger partial charge in [0.25, 0.3) is 0 Å². The van der Waals surface area contributed by atoms with E-state index < -0.39 is 0 Å². The smallest absolute Gasteiger partial charge is 0.194 e. The van der Waals surface area contributed by atoms with Gasteiger partial charge in [-0.1, -0.05) is 24.3 Å². The van der Waals surface area contributed by atoms with E-state index in [9.17, 15) is 0 Å². The molecule has 0 spiro atoms. The first kappa shape index (κ1) is 25.6. The number of nitrogens with zero attached hydrogens (tertiary/aromatic N) is 4. The highest BCUT2D eigenvalue weighted by Gasteiger charge is 2.21. The highest BCUT2D eigenvalue weighted by molar-refractivity contribution is 14.0. The molecule has 0 amide bonds. The van der Waals surface area contributed by atoms with E-state index in [-0.39, 0.29) is 24.0 Å². The maximum Gasteiger partial charge on any atom is 0.194 e. The van der Waals surface area contributed by atoms with Crippen molar-refractivity contribution in [2.75, 3.05) is 40.0 Å². The lowest BCUT2D eigenvalue weighted by molar-refractivity contribution is 0.00990. The number of guanidine groups is 1. The van der Waals surface area contributed by atoms with Crippen molar-refractivity contribution in [1.82, 2.24) is 20.0 Å². The van der Waals surface area contributed by atoms with Gasteiger partial charge in [0.1, 0.15) is 0 Å². The SMILES string of the molecule is CCNC(=NCc1cccc(Cn2cccn2)c1)N1CCC(OCCCOC)CC1.I. The van der Waals surface area contributed by atoms with Crippen LogP contribution in [0.25, 0.3) is 0 Å². The quantitative estimate of drug-likeness (QED) is 0.216. The van der Waals surface area contributed by atoms with E-state index in [1.54, 1.807) is 7.11 Å². The van der Waals surface area contributed by atoms with Crippen molar-refractivity contribution < 1.29 is 9.47 Å². The third-order valence-corrected chi connectivity index (χ3v) is 5.23. The third kappa shape index (κ3) is 8.78. The van der Waals surface area contributed by atoms with Gasteiger partial charge >= 0.3 is 0 Å². The summed E-state index contributed by atoms with van der Waals surface area (Å²) in [6.07, 6.45) is 7.18. The summed E-state index contributed by atoms with van der Waals surface area (Å²) in [7, 11) is 1.73. The number of piperidine rings is 1. The molecule has 1 fully saturated rings. The summed E-state index contributed by atoms with van der Waals surface area (Å²) in [5.74, 6) is 0.993. The molecule has 1 aliphatic rings. The molecule has 3 rings (SSSR count). The number of hydrogen-bond donors (Lipinski definition) is 1. The van der Waals surface area contributed by atoms with Crippen molar-refractivity contribution >= 4 is 29.9 Å². The van der Waals surface area contributed by atoms with Crippen LogP contribution >= 0.6 is 24.0 Å². The van der Waals surface area contributed by atoms with Crippen molar-refractivity contribution in [1.29, 1.82) is 0 Å². The largest absolute Gasteiger partial charge is 0.385 e. The minimum atomic E-state index is 0. The predicted octanol–water partition coefficient (Wildman–Crippen LogP) is 3.53. The highest BCUT2D eigenvalue weighted by Crippen LogP contribution is 2.15. The van der Waals surface area contributed by atoms with Gasteiger partial charge in [0.15, 0.2) is 5.96 Å². The molecule has 0 unspecified atom stereocenters. The lowest BCUT2D eigenvalue weighted by Crippen LogP contribution is -2.47. The van der Waals surface area contributed by atoms with Crippen LogP contribution in [-0.2, 0) is 22.6 Å². The van der Waals surface area contributed by atoms with Gasteiger partial charge in [-0.3, -0.25) is 4.68 Å². The van der Waals surface area contributed by atoms with Crippen LogP contribution in [-0.4, -0.2) is 66.7 Å². The topological polar surface area (TPSA) is 63.9 Å². The second-order valence-electron chi connectivity index (χ2n) is 7.60. The van der Waals surface area contributed by atoms with Crippen LogP contribution in [0.15, 0.2) is 47.7 Å². The number of likely N-dealkylation sites (tertiary alicyclic amines) is 1. The summed E-state index contributed by atoms with van der Waals surface area (Å²) in [5, 5.41) is 7.74. The van der Waals surface area contributed by atoms with Crippen molar-refractivity contribution in [3.63, 3.8) is 0 Å². The third-order valence-electron chi connectivity index (χ3n) is 5.23. The first-order chi connectivity index (χ1) is 14.8. The van der Waals surface area contributed by atoms with Gasteiger partial charge in [0.05, 0.1) is 19.2 Å². The molecule has 1 N–H and O–H groups in total. The molecule has 2 aromatic rings. The number of benzene rings is 1. The fraction of sp³-hybridized carbons (Fsp3) is 0.565. The van der Waals surface area contributed by atoms with E-state index in [4.69, 9.17) is 14.5 Å². The summed E-state index contributed by atoms with van der Waals surface area (Å²) in [5.41, 5.74) is 2.45. The molecular weight excluding hydrogens is 505 g/mol. The van der Waals surface area contributed by atoms with Crippen LogP contribution in [0.4, 0.5) is 0 Å². The molecular formula is C23H36IN5O2. The normalized spacial score (nSPS) is 15.0. The first-order valence-corrected chi connectivity index (χ1v) is 11.0. The van der Waals surface area contributed by atoms with Gasteiger partial charge < -0.3 is 19.7 Å².